The monoisotopic (exact) mass is 511 g/mol. The Hall–Kier alpha value is 0.532. The molecule has 1 aliphatic rings. The number of hydrogen-bond donors (Lipinski definition) is 1. The minimum Gasteiger partial charge on any atom is -0.672 e. The Labute approximate surface area is 163 Å². The van der Waals surface area contributed by atoms with Crippen molar-refractivity contribution in [2.45, 2.75) is 38.3 Å². The first kappa shape index (κ1) is 21.5. The van der Waals surface area contributed by atoms with Gasteiger partial charge in [-0.2, -0.15) is 0 Å². The van der Waals surface area contributed by atoms with E-state index in [1.807, 2.05) is 26.0 Å². The zero-order valence-corrected chi connectivity index (χ0v) is 18.1. The second-order valence-corrected chi connectivity index (χ2v) is 5.79. The van der Waals surface area contributed by atoms with E-state index in [0.29, 0.717) is 19.4 Å². The average molecular weight is 511 g/mol. The number of carboxylic acid groups (broad SMARTS) is 1. The van der Waals surface area contributed by atoms with Gasteiger partial charge in [0.05, 0.1) is 18.1 Å². The second kappa shape index (κ2) is 9.62. The normalized spacial score (nSPS) is 29.9. The van der Waals surface area contributed by atoms with Crippen LogP contribution in [0.2, 0.25) is 0 Å². The molecule has 0 aromatic rings. The molecule has 0 bridgehead atoms. The van der Waals surface area contributed by atoms with Gasteiger partial charge in [-0.05, 0) is 38.5 Å². The van der Waals surface area contributed by atoms with Crippen LogP contribution in [0.15, 0.2) is 12.2 Å². The van der Waals surface area contributed by atoms with Crippen LogP contribution in [0.3, 0.4) is 0 Å². The third-order valence-corrected chi connectivity index (χ3v) is 4.44. The number of rotatable bonds is 7. The minimum absolute atomic E-state index is 0. The fourth-order valence-corrected chi connectivity index (χ4v) is 3.17. The van der Waals surface area contributed by atoms with E-state index in [0.717, 1.165) is 0 Å². The first-order chi connectivity index (χ1) is 9.39. The van der Waals surface area contributed by atoms with Crippen LogP contribution in [-0.4, -0.2) is 43.5 Å². The maximum absolute atomic E-state index is 11.2. The van der Waals surface area contributed by atoms with Gasteiger partial charge in [0.2, 0.25) is 0 Å². The summed E-state index contributed by atoms with van der Waals surface area (Å²) in [5, 5.41) is 9.22. The van der Waals surface area contributed by atoms with Gasteiger partial charge in [0.1, 0.15) is 0 Å². The molecule has 0 aromatic heterocycles. The summed E-state index contributed by atoms with van der Waals surface area (Å²) in [5.74, 6) is -1.03. The van der Waals surface area contributed by atoms with Gasteiger partial charge < -0.3 is 20.3 Å². The molecule has 5 atom stereocenters. The zero-order valence-electron chi connectivity index (χ0n) is 13.3. The Morgan fingerprint density at radius 3 is 2.52 bits per heavy atom. The maximum atomic E-state index is 11.2. The largest absolute Gasteiger partial charge is 0.672 e. The number of ether oxygens (including phenoxy) is 2. The average Bonchev–Trinajstić information content (AvgIpc) is 2.82. The van der Waals surface area contributed by atoms with E-state index in [9.17, 15) is 9.90 Å². The third-order valence-electron chi connectivity index (χ3n) is 4.44. The zero-order chi connectivity index (χ0) is 15.3. The van der Waals surface area contributed by atoms with E-state index in [1.54, 1.807) is 14.2 Å². The SMILES string of the molecule is C/C=C\[C@@H]1C[C@H](C(=O)O)C[C@H]1[C@@H]([NH-])[C@](C)(COC)OC.[Ac]. The van der Waals surface area contributed by atoms with Gasteiger partial charge in [0, 0.05) is 58.3 Å². The Kier molecular flexibility index (Phi) is 9.87. The van der Waals surface area contributed by atoms with Crippen molar-refractivity contribution >= 4 is 5.97 Å². The quantitative estimate of drug-likeness (QED) is 0.534. The third kappa shape index (κ3) is 5.28. The van der Waals surface area contributed by atoms with E-state index in [4.69, 9.17) is 15.2 Å². The molecule has 0 aliphatic heterocycles. The van der Waals surface area contributed by atoms with Crippen molar-refractivity contribution in [1.82, 2.24) is 0 Å². The second-order valence-electron chi connectivity index (χ2n) is 5.79. The van der Waals surface area contributed by atoms with Gasteiger partial charge in [-0.15, -0.1) is 6.04 Å². The number of carbonyl (C=O) groups is 1. The molecule has 0 heterocycles. The molecule has 1 saturated carbocycles. The van der Waals surface area contributed by atoms with Crippen LogP contribution in [0.25, 0.3) is 5.73 Å². The Bertz CT molecular complexity index is 364. The van der Waals surface area contributed by atoms with Gasteiger partial charge >= 0.3 is 5.97 Å². The number of hydrogen-bond acceptors (Lipinski definition) is 3. The minimum atomic E-state index is -0.764. The van der Waals surface area contributed by atoms with E-state index in [1.165, 1.54) is 0 Å². The van der Waals surface area contributed by atoms with Crippen LogP contribution < -0.4 is 0 Å². The van der Waals surface area contributed by atoms with Gasteiger partial charge in [0.25, 0.3) is 0 Å². The first-order valence-corrected chi connectivity index (χ1v) is 7.00. The molecule has 0 aromatic carbocycles. The summed E-state index contributed by atoms with van der Waals surface area (Å²) in [7, 11) is 3.16. The molecule has 0 saturated heterocycles. The van der Waals surface area contributed by atoms with Gasteiger partial charge in [-0.3, -0.25) is 4.79 Å². The van der Waals surface area contributed by atoms with Crippen molar-refractivity contribution in [3.63, 3.8) is 0 Å². The summed E-state index contributed by atoms with van der Waals surface area (Å²) in [6.07, 6.45) is 5.10. The first-order valence-electron chi connectivity index (χ1n) is 7.00. The number of aliphatic carboxylic acids is 1. The molecular formula is C15H26AcNO4-. The molecule has 1 aliphatic carbocycles. The van der Waals surface area contributed by atoms with Gasteiger partial charge in [0.15, 0.2) is 0 Å². The van der Waals surface area contributed by atoms with Crippen molar-refractivity contribution in [3.8, 4) is 0 Å². The number of allylic oxidation sites excluding steroid dienone is 2. The molecule has 0 amide bonds. The predicted molar refractivity (Wildman–Crippen MR) is 77.6 cm³/mol. The topological polar surface area (TPSA) is 79.6 Å². The molecular weight excluding hydrogens is 485 g/mol. The molecule has 21 heavy (non-hydrogen) atoms. The Morgan fingerprint density at radius 1 is 1.48 bits per heavy atom. The number of methoxy groups -OCH3 is 2. The Morgan fingerprint density at radius 2 is 2.10 bits per heavy atom. The molecule has 1 fully saturated rings. The van der Waals surface area contributed by atoms with E-state index < -0.39 is 17.6 Å². The van der Waals surface area contributed by atoms with E-state index in [2.05, 4.69) is 0 Å². The van der Waals surface area contributed by atoms with Crippen LogP contribution in [-0.2, 0) is 14.3 Å². The fraction of sp³-hybridized carbons (Fsp3) is 0.800. The van der Waals surface area contributed by atoms with Crippen LogP contribution in [0, 0.1) is 61.8 Å². The summed E-state index contributed by atoms with van der Waals surface area (Å²) < 4.78 is 10.7. The number of nitrogens with one attached hydrogen (secondary N) is 1. The number of carboxylic acids is 1. The van der Waals surface area contributed by atoms with Crippen LogP contribution in [0.1, 0.15) is 26.7 Å². The van der Waals surface area contributed by atoms with E-state index in [-0.39, 0.29) is 61.8 Å². The van der Waals surface area contributed by atoms with Crippen molar-refractivity contribution < 1.29 is 63.4 Å². The molecule has 119 valence electrons. The van der Waals surface area contributed by atoms with Crippen LogP contribution >= 0.6 is 0 Å². The summed E-state index contributed by atoms with van der Waals surface area (Å²) >= 11 is 0. The van der Waals surface area contributed by atoms with Crippen molar-refractivity contribution in [2.75, 3.05) is 20.8 Å². The predicted octanol–water partition coefficient (Wildman–Crippen LogP) is 2.76. The van der Waals surface area contributed by atoms with E-state index >= 15 is 0 Å². The van der Waals surface area contributed by atoms with Crippen molar-refractivity contribution in [3.05, 3.63) is 17.9 Å². The summed E-state index contributed by atoms with van der Waals surface area (Å²) in [6, 6.07) is -0.516. The summed E-state index contributed by atoms with van der Waals surface area (Å²) in [4.78, 5) is 11.2. The molecule has 6 heteroatoms. The smallest absolute Gasteiger partial charge is 0.306 e. The van der Waals surface area contributed by atoms with Crippen molar-refractivity contribution in [1.29, 1.82) is 0 Å². The standard InChI is InChI=1S/C15H26NO4.Ac/c1-5-6-10-7-11(14(17)18)8-12(10)13(16)15(2,20-4)9-19-3;/h5-6,10-13,16H,7-9H2,1-4H3,(H,17,18);/q-1;/b6-5-;/t10-,11+,12-,13-,15+;/m1./s1. The Balaban J connectivity index is 0.00000400. The summed E-state index contributed by atoms with van der Waals surface area (Å²) in [5.41, 5.74) is 7.82. The van der Waals surface area contributed by atoms with Gasteiger partial charge in [-0.1, -0.05) is 12.2 Å². The molecule has 0 spiro atoms. The molecule has 0 unspecified atom stereocenters. The molecule has 1 rings (SSSR count). The van der Waals surface area contributed by atoms with Crippen molar-refractivity contribution in [2.24, 2.45) is 17.8 Å². The molecule has 1 radical (unpaired) electrons. The molecule has 2 N–H and O–H groups in total. The van der Waals surface area contributed by atoms with Crippen LogP contribution in [0.4, 0.5) is 0 Å². The van der Waals surface area contributed by atoms with Gasteiger partial charge in [-0.25, -0.2) is 0 Å². The summed E-state index contributed by atoms with van der Waals surface area (Å²) in [6.45, 7) is 4.11. The maximum Gasteiger partial charge on any atom is 0.306 e. The fourth-order valence-electron chi connectivity index (χ4n) is 3.17. The van der Waals surface area contributed by atoms with Crippen LogP contribution in [0.5, 0.6) is 0 Å². The molecule has 5 nitrogen and oxygen atoms in total.